The molecule has 0 aliphatic heterocycles. The molecule has 0 radical (unpaired) electrons. The van der Waals surface area contributed by atoms with E-state index in [4.69, 9.17) is 4.74 Å². The van der Waals surface area contributed by atoms with E-state index in [1.807, 2.05) is 26.8 Å². The van der Waals surface area contributed by atoms with E-state index in [1.54, 1.807) is 24.3 Å². The number of azo groups is 1. The van der Waals surface area contributed by atoms with Gasteiger partial charge in [0, 0.05) is 17.5 Å². The van der Waals surface area contributed by atoms with E-state index < -0.39 is 62.1 Å². The maximum absolute atomic E-state index is 12.7. The van der Waals surface area contributed by atoms with Crippen LogP contribution < -0.4 is 10.1 Å². The van der Waals surface area contributed by atoms with Crippen LogP contribution in [0.15, 0.2) is 97.8 Å². The number of nitrogens with zero attached hydrogens (tertiary/aromatic N) is 8. The van der Waals surface area contributed by atoms with Crippen LogP contribution in [-0.4, -0.2) is 81.0 Å². The van der Waals surface area contributed by atoms with Gasteiger partial charge in [0.1, 0.15) is 27.2 Å². The average molecular weight is 853 g/mol. The van der Waals surface area contributed by atoms with E-state index in [0.29, 0.717) is 35.8 Å². The second kappa shape index (κ2) is 15.5. The number of carbonyl (C=O) groups is 1. The summed E-state index contributed by atoms with van der Waals surface area (Å²) in [5.41, 5.74) is -0.211. The molecular formula is C34H32N10O11S3. The summed E-state index contributed by atoms with van der Waals surface area (Å²) in [6.07, 6.45) is 1.84. The Bertz CT molecular complexity index is 2980. The molecule has 0 fully saturated rings. The largest absolute Gasteiger partial charge is 0.494 e. The Morgan fingerprint density at radius 3 is 2.26 bits per heavy atom. The van der Waals surface area contributed by atoms with Crippen LogP contribution in [0.5, 0.6) is 5.75 Å². The smallest absolute Gasteiger partial charge is 0.296 e. The highest BCUT2D eigenvalue weighted by Gasteiger charge is 2.28. The van der Waals surface area contributed by atoms with Crippen molar-refractivity contribution in [3.05, 3.63) is 95.6 Å². The molecule has 1 amide bonds. The quantitative estimate of drug-likeness (QED) is 0.0590. The fourth-order valence-electron chi connectivity index (χ4n) is 5.54. The number of aryl methyl sites for hydroxylation is 1. The summed E-state index contributed by atoms with van der Waals surface area (Å²) in [5, 5.41) is 32.6. The molecule has 0 spiro atoms. The molecule has 302 valence electrons. The van der Waals surface area contributed by atoms with Crippen LogP contribution in [0.2, 0.25) is 0 Å². The second-order valence-electron chi connectivity index (χ2n) is 13.4. The Balaban J connectivity index is 1.19. The number of ether oxygens (including phenoxy) is 1. The van der Waals surface area contributed by atoms with Crippen molar-refractivity contribution in [2.45, 2.75) is 53.7 Å². The molecule has 0 aliphatic rings. The molecule has 0 aliphatic carbocycles. The first-order valence-corrected chi connectivity index (χ1v) is 21.1. The van der Waals surface area contributed by atoms with Gasteiger partial charge in [-0.05, 0) is 61.0 Å². The Morgan fingerprint density at radius 2 is 1.62 bits per heavy atom. The molecule has 3 heterocycles. The molecule has 0 saturated carbocycles. The first-order valence-electron chi connectivity index (χ1n) is 16.7. The van der Waals surface area contributed by atoms with Gasteiger partial charge in [0.15, 0.2) is 17.3 Å². The van der Waals surface area contributed by atoms with Gasteiger partial charge in [-0.15, -0.1) is 15.3 Å². The van der Waals surface area contributed by atoms with Crippen molar-refractivity contribution in [2.75, 3.05) is 11.9 Å². The highest BCUT2D eigenvalue weighted by molar-refractivity contribution is 7.86. The van der Waals surface area contributed by atoms with Crippen molar-refractivity contribution in [1.29, 1.82) is 5.26 Å². The van der Waals surface area contributed by atoms with Crippen molar-refractivity contribution in [1.82, 2.24) is 29.6 Å². The Hall–Kier alpha value is -6.36. The lowest BCUT2D eigenvalue weighted by atomic mass is 9.91. The number of H-pyrrole nitrogens is 1. The molecular weight excluding hydrogens is 821 g/mol. The van der Waals surface area contributed by atoms with E-state index in [0.717, 1.165) is 35.1 Å². The molecule has 0 atom stereocenters. The summed E-state index contributed by atoms with van der Waals surface area (Å²) in [7, 11) is -14.4. The SMILES string of the molecule is CC(C)(C)c1[nH]n2nc(CCCOc3ccc(NC(=O)c4ccccc4S(=O)(=O)O)cc3)nc2c1N=Nc1c(C#N)cnn1-c1cc(S(=O)(=O)O)ccc1S(=O)(=O)O. The number of rotatable bonds is 13. The lowest BCUT2D eigenvalue weighted by Crippen LogP contribution is -2.16. The van der Waals surface area contributed by atoms with E-state index >= 15 is 0 Å². The van der Waals surface area contributed by atoms with Gasteiger partial charge < -0.3 is 10.1 Å². The zero-order valence-corrected chi connectivity index (χ0v) is 32.9. The Labute approximate surface area is 330 Å². The summed E-state index contributed by atoms with van der Waals surface area (Å²) >= 11 is 0. The summed E-state index contributed by atoms with van der Waals surface area (Å²) in [6.45, 7) is 5.88. The molecule has 0 saturated heterocycles. The Morgan fingerprint density at radius 1 is 0.931 bits per heavy atom. The molecule has 24 heteroatoms. The van der Waals surface area contributed by atoms with Crippen molar-refractivity contribution in [3.63, 3.8) is 0 Å². The maximum Gasteiger partial charge on any atom is 0.296 e. The number of carbonyl (C=O) groups excluding carboxylic acids is 1. The van der Waals surface area contributed by atoms with Gasteiger partial charge in [-0.2, -0.15) is 40.2 Å². The first kappa shape index (κ1) is 41.3. The number of nitrogens with one attached hydrogen (secondary N) is 2. The van der Waals surface area contributed by atoms with Crippen LogP contribution in [0.1, 0.15) is 54.6 Å². The van der Waals surface area contributed by atoms with Crippen LogP contribution in [0.4, 0.5) is 17.2 Å². The third-order valence-corrected chi connectivity index (χ3v) is 10.9. The fourth-order valence-corrected chi connectivity index (χ4v) is 7.38. The van der Waals surface area contributed by atoms with Crippen molar-refractivity contribution >= 4 is 59.1 Å². The van der Waals surface area contributed by atoms with Gasteiger partial charge in [-0.25, -0.2) is 9.67 Å². The average Bonchev–Trinajstić information content (AvgIpc) is 3.84. The number of aromatic amines is 1. The van der Waals surface area contributed by atoms with Crippen molar-refractivity contribution < 1.29 is 48.4 Å². The number of hydrogen-bond donors (Lipinski definition) is 5. The number of hydrogen-bond acceptors (Lipinski definition) is 14. The van der Waals surface area contributed by atoms with Crippen molar-refractivity contribution in [3.8, 4) is 17.5 Å². The topological polar surface area (TPSA) is 314 Å². The molecule has 6 aromatic rings. The van der Waals surface area contributed by atoms with Crippen LogP contribution in [0.25, 0.3) is 11.3 Å². The Kier molecular flexibility index (Phi) is 11.1. The van der Waals surface area contributed by atoms with Gasteiger partial charge in [0.25, 0.3) is 36.3 Å². The molecule has 58 heavy (non-hydrogen) atoms. The lowest BCUT2D eigenvalue weighted by Gasteiger charge is -2.16. The number of nitriles is 1. The second-order valence-corrected chi connectivity index (χ2v) is 17.6. The molecule has 5 N–H and O–H groups in total. The van der Waals surface area contributed by atoms with Crippen molar-refractivity contribution in [2.24, 2.45) is 10.2 Å². The van der Waals surface area contributed by atoms with E-state index in [2.05, 4.69) is 35.8 Å². The number of aromatic nitrogens is 6. The zero-order chi connectivity index (χ0) is 42.2. The summed E-state index contributed by atoms with van der Waals surface area (Å²) in [4.78, 5) is 15.3. The van der Waals surface area contributed by atoms with Gasteiger partial charge in [0.05, 0.1) is 34.6 Å². The first-order chi connectivity index (χ1) is 27.1. The summed E-state index contributed by atoms with van der Waals surface area (Å²) in [5.74, 6) is -0.198. The number of amides is 1. The zero-order valence-electron chi connectivity index (χ0n) is 30.5. The van der Waals surface area contributed by atoms with E-state index in [9.17, 15) is 49.0 Å². The third-order valence-electron chi connectivity index (χ3n) is 8.25. The lowest BCUT2D eigenvalue weighted by molar-refractivity contribution is 0.102. The molecule has 6 rings (SSSR count). The predicted octanol–water partition coefficient (Wildman–Crippen LogP) is 4.83. The van der Waals surface area contributed by atoms with Gasteiger partial charge in [0.2, 0.25) is 5.65 Å². The predicted molar refractivity (Wildman–Crippen MR) is 203 cm³/mol. The number of fused-ring (bicyclic) bond motifs is 1. The van der Waals surface area contributed by atoms with Crippen LogP contribution in [0, 0.1) is 11.3 Å². The highest BCUT2D eigenvalue weighted by Crippen LogP contribution is 2.36. The minimum Gasteiger partial charge on any atom is -0.494 e. The van der Waals surface area contributed by atoms with Gasteiger partial charge >= 0.3 is 0 Å². The normalized spacial score (nSPS) is 12.6. The molecule has 3 aromatic heterocycles. The molecule has 0 unspecified atom stereocenters. The molecule has 3 aromatic carbocycles. The highest BCUT2D eigenvalue weighted by atomic mass is 32.2. The summed E-state index contributed by atoms with van der Waals surface area (Å²) in [6, 6.07) is 15.7. The molecule has 21 nitrogen and oxygen atoms in total. The van der Waals surface area contributed by atoms with Crippen LogP contribution in [0.3, 0.4) is 0 Å². The number of benzene rings is 3. The minimum absolute atomic E-state index is 0.200. The maximum atomic E-state index is 12.7. The number of anilines is 1. The van der Waals surface area contributed by atoms with Crippen LogP contribution in [-0.2, 0) is 42.2 Å². The van der Waals surface area contributed by atoms with Crippen LogP contribution >= 0.6 is 0 Å². The fraction of sp³-hybridized carbons (Fsp3) is 0.206. The van der Waals surface area contributed by atoms with Gasteiger partial charge in [-0.1, -0.05) is 32.9 Å². The minimum atomic E-state index is -4.98. The van der Waals surface area contributed by atoms with E-state index in [1.165, 1.54) is 22.8 Å². The van der Waals surface area contributed by atoms with E-state index in [-0.39, 0.29) is 34.9 Å². The standard InChI is InChI=1S/C34H32N10O11S3/c1-34(2,3)30-29(39-40-31-20(18-35)19-36-43(31)25-17-23(56(46,47)48)14-15-27(25)58(52,53)54)32-38-28(41-44(32)42-30)9-6-16-55-22-12-10-21(11-13-22)37-33(45)24-7-4-5-8-26(24)57(49,50)51/h4-5,7-8,10-15,17,19,42H,6,9,16H2,1-3H3,(H,37,45)(H,46,47,48)(H,49,50,51)(H,52,53,54). The monoisotopic (exact) mass is 852 g/mol. The summed E-state index contributed by atoms with van der Waals surface area (Å²) < 4.78 is 108. The molecule has 0 bridgehead atoms. The third kappa shape index (κ3) is 8.94. The van der Waals surface area contributed by atoms with Gasteiger partial charge in [-0.3, -0.25) is 23.6 Å².